The lowest BCUT2D eigenvalue weighted by Crippen LogP contribution is -2.50. The number of carbonyl (C=O) groups is 2. The first-order valence-electron chi connectivity index (χ1n) is 5.51. The standard InChI is InChI=1S/C11H21NO5/c1-6-16-7(2)8(9(13)14)12-10(15)17-11(3,4)5/h7-8H,6H2,1-5H3,(H,12,15)(H,13,14)/t7-,8-/m0/s1. The van der Waals surface area contributed by atoms with Crippen molar-refractivity contribution in [1.82, 2.24) is 5.32 Å². The molecule has 2 N–H and O–H groups in total. The quantitative estimate of drug-likeness (QED) is 0.766. The number of hydrogen-bond acceptors (Lipinski definition) is 4. The molecule has 100 valence electrons. The Morgan fingerprint density at radius 2 is 1.88 bits per heavy atom. The van der Waals surface area contributed by atoms with E-state index in [1.807, 2.05) is 0 Å². The van der Waals surface area contributed by atoms with Gasteiger partial charge in [0.1, 0.15) is 5.60 Å². The monoisotopic (exact) mass is 247 g/mol. The number of rotatable bonds is 5. The molecule has 0 aliphatic rings. The van der Waals surface area contributed by atoms with Crippen molar-refractivity contribution in [3.05, 3.63) is 0 Å². The zero-order chi connectivity index (χ0) is 13.6. The van der Waals surface area contributed by atoms with Crippen LogP contribution < -0.4 is 5.32 Å². The predicted octanol–water partition coefficient (Wildman–Crippen LogP) is 1.39. The molecule has 0 aromatic carbocycles. The molecule has 0 rings (SSSR count). The molecule has 2 atom stereocenters. The summed E-state index contributed by atoms with van der Waals surface area (Å²) in [7, 11) is 0. The molecule has 0 saturated carbocycles. The van der Waals surface area contributed by atoms with Crippen LogP contribution in [0.5, 0.6) is 0 Å². The van der Waals surface area contributed by atoms with Gasteiger partial charge in [0.25, 0.3) is 0 Å². The van der Waals surface area contributed by atoms with Gasteiger partial charge in [0.05, 0.1) is 6.10 Å². The van der Waals surface area contributed by atoms with Crippen LogP contribution in [-0.4, -0.2) is 41.5 Å². The second-order valence-corrected chi connectivity index (χ2v) is 4.62. The van der Waals surface area contributed by atoms with Crippen LogP contribution in [-0.2, 0) is 14.3 Å². The lowest BCUT2D eigenvalue weighted by Gasteiger charge is -2.24. The summed E-state index contributed by atoms with van der Waals surface area (Å²) in [5.41, 5.74) is -0.665. The predicted molar refractivity (Wildman–Crippen MR) is 61.9 cm³/mol. The molecule has 1 amide bonds. The smallest absolute Gasteiger partial charge is 0.408 e. The number of carboxylic acid groups (broad SMARTS) is 1. The fourth-order valence-corrected chi connectivity index (χ4v) is 1.17. The summed E-state index contributed by atoms with van der Waals surface area (Å²) in [6.45, 7) is 8.82. The molecule has 0 radical (unpaired) electrons. The molecule has 0 aliphatic heterocycles. The Hall–Kier alpha value is -1.30. The minimum atomic E-state index is -1.16. The van der Waals surface area contributed by atoms with Crippen LogP contribution in [0.2, 0.25) is 0 Å². The lowest BCUT2D eigenvalue weighted by molar-refractivity contribution is -0.143. The maximum absolute atomic E-state index is 11.4. The summed E-state index contributed by atoms with van der Waals surface area (Å²) in [6.07, 6.45) is -1.39. The SMILES string of the molecule is CCO[C@@H](C)[C@H](NC(=O)OC(C)(C)C)C(=O)O. The molecule has 0 aromatic rings. The van der Waals surface area contributed by atoms with E-state index in [0.717, 1.165) is 0 Å². The molecule has 0 heterocycles. The van der Waals surface area contributed by atoms with E-state index in [-0.39, 0.29) is 0 Å². The number of alkyl carbamates (subject to hydrolysis) is 1. The summed E-state index contributed by atoms with van der Waals surface area (Å²) in [5, 5.41) is 11.2. The zero-order valence-corrected chi connectivity index (χ0v) is 10.9. The van der Waals surface area contributed by atoms with Gasteiger partial charge in [-0.25, -0.2) is 9.59 Å². The van der Waals surface area contributed by atoms with Crippen LogP contribution in [0, 0.1) is 0 Å². The van der Waals surface area contributed by atoms with Crippen LogP contribution in [0.4, 0.5) is 4.79 Å². The molecule has 0 fully saturated rings. The van der Waals surface area contributed by atoms with Gasteiger partial charge >= 0.3 is 12.1 Å². The Bertz CT molecular complexity index is 272. The Morgan fingerprint density at radius 1 is 1.35 bits per heavy atom. The summed E-state index contributed by atoms with van der Waals surface area (Å²) < 4.78 is 10.1. The van der Waals surface area contributed by atoms with Crippen LogP contribution in [0.3, 0.4) is 0 Å². The van der Waals surface area contributed by atoms with Crippen LogP contribution in [0.1, 0.15) is 34.6 Å². The van der Waals surface area contributed by atoms with Gasteiger partial charge in [0.15, 0.2) is 6.04 Å². The fraction of sp³-hybridized carbons (Fsp3) is 0.818. The highest BCUT2D eigenvalue weighted by atomic mass is 16.6. The molecule has 0 aliphatic carbocycles. The third-order valence-corrected chi connectivity index (χ3v) is 1.84. The van der Waals surface area contributed by atoms with Crippen LogP contribution in [0.25, 0.3) is 0 Å². The van der Waals surface area contributed by atoms with Crippen molar-refractivity contribution in [3.63, 3.8) is 0 Å². The van der Waals surface area contributed by atoms with Crippen LogP contribution in [0.15, 0.2) is 0 Å². The zero-order valence-electron chi connectivity index (χ0n) is 10.9. The topological polar surface area (TPSA) is 84.9 Å². The first-order chi connectivity index (χ1) is 7.67. The van der Waals surface area contributed by atoms with Gasteiger partial charge in [0.2, 0.25) is 0 Å². The van der Waals surface area contributed by atoms with Gasteiger partial charge < -0.3 is 19.9 Å². The van der Waals surface area contributed by atoms with E-state index in [0.29, 0.717) is 6.61 Å². The van der Waals surface area contributed by atoms with Crippen LogP contribution >= 0.6 is 0 Å². The molecular weight excluding hydrogens is 226 g/mol. The Balaban J connectivity index is 4.45. The van der Waals surface area contributed by atoms with Gasteiger partial charge in [-0.05, 0) is 34.6 Å². The number of ether oxygens (including phenoxy) is 2. The highest BCUT2D eigenvalue weighted by Crippen LogP contribution is 2.08. The lowest BCUT2D eigenvalue weighted by atomic mass is 10.2. The van der Waals surface area contributed by atoms with Crippen molar-refractivity contribution in [3.8, 4) is 0 Å². The van der Waals surface area contributed by atoms with Crippen molar-refractivity contribution in [2.24, 2.45) is 0 Å². The molecule has 0 spiro atoms. The second-order valence-electron chi connectivity index (χ2n) is 4.62. The number of hydrogen-bond donors (Lipinski definition) is 2. The van der Waals surface area contributed by atoms with Crippen molar-refractivity contribution >= 4 is 12.1 Å². The second kappa shape index (κ2) is 6.44. The van der Waals surface area contributed by atoms with E-state index in [4.69, 9.17) is 14.6 Å². The summed E-state index contributed by atoms with van der Waals surface area (Å²) in [4.78, 5) is 22.4. The van der Waals surface area contributed by atoms with E-state index < -0.39 is 29.8 Å². The fourth-order valence-electron chi connectivity index (χ4n) is 1.17. The number of carbonyl (C=O) groups excluding carboxylic acids is 1. The van der Waals surface area contributed by atoms with Gasteiger partial charge in [-0.1, -0.05) is 0 Å². The van der Waals surface area contributed by atoms with E-state index in [2.05, 4.69) is 5.32 Å². The highest BCUT2D eigenvalue weighted by Gasteiger charge is 2.29. The highest BCUT2D eigenvalue weighted by molar-refractivity contribution is 5.80. The maximum Gasteiger partial charge on any atom is 0.408 e. The summed E-state index contributed by atoms with van der Waals surface area (Å²) >= 11 is 0. The van der Waals surface area contributed by atoms with Crippen molar-refractivity contribution in [1.29, 1.82) is 0 Å². The molecule has 0 unspecified atom stereocenters. The first kappa shape index (κ1) is 15.7. The molecule has 6 heteroatoms. The van der Waals surface area contributed by atoms with Gasteiger partial charge in [-0.2, -0.15) is 0 Å². The summed E-state index contributed by atoms with van der Waals surface area (Å²) in [5.74, 6) is -1.16. The van der Waals surface area contributed by atoms with Gasteiger partial charge in [-0.3, -0.25) is 0 Å². The van der Waals surface area contributed by atoms with Gasteiger partial charge in [0, 0.05) is 6.61 Å². The number of amides is 1. The number of carboxylic acids is 1. The number of aliphatic carboxylic acids is 1. The Kier molecular flexibility index (Phi) is 5.95. The molecule has 0 aromatic heterocycles. The first-order valence-corrected chi connectivity index (χ1v) is 5.51. The third-order valence-electron chi connectivity index (χ3n) is 1.84. The average molecular weight is 247 g/mol. The minimum absolute atomic E-state index is 0.376. The molecule has 0 saturated heterocycles. The Labute approximate surface area is 101 Å². The van der Waals surface area contributed by atoms with Gasteiger partial charge in [-0.15, -0.1) is 0 Å². The van der Waals surface area contributed by atoms with E-state index in [9.17, 15) is 9.59 Å². The van der Waals surface area contributed by atoms with Crippen molar-refractivity contribution < 1.29 is 24.2 Å². The van der Waals surface area contributed by atoms with Crippen molar-refractivity contribution in [2.45, 2.75) is 52.4 Å². The third kappa shape index (κ3) is 6.78. The van der Waals surface area contributed by atoms with Crippen molar-refractivity contribution in [2.75, 3.05) is 6.61 Å². The molecule has 17 heavy (non-hydrogen) atoms. The average Bonchev–Trinajstić information content (AvgIpc) is 2.11. The van der Waals surface area contributed by atoms with E-state index in [1.54, 1.807) is 34.6 Å². The minimum Gasteiger partial charge on any atom is -0.480 e. The van der Waals surface area contributed by atoms with E-state index in [1.165, 1.54) is 0 Å². The molecule has 6 nitrogen and oxygen atoms in total. The summed E-state index contributed by atoms with van der Waals surface area (Å²) in [6, 6.07) is -1.12. The largest absolute Gasteiger partial charge is 0.480 e. The molecular formula is C11H21NO5. The normalized spacial score (nSPS) is 14.9. The van der Waals surface area contributed by atoms with E-state index >= 15 is 0 Å². The molecule has 0 bridgehead atoms. The maximum atomic E-state index is 11.4. The Morgan fingerprint density at radius 3 is 2.24 bits per heavy atom. The number of nitrogens with one attached hydrogen (secondary N) is 1.